The number of hydrogen-bond donors (Lipinski definition) is 2. The van der Waals surface area contributed by atoms with E-state index in [2.05, 4.69) is 10.6 Å². The quantitative estimate of drug-likeness (QED) is 0.716. The number of benzene rings is 1. The maximum atomic E-state index is 14.2. The van der Waals surface area contributed by atoms with Crippen molar-refractivity contribution in [3.8, 4) is 0 Å². The zero-order valence-corrected chi connectivity index (χ0v) is 12.4. The van der Waals surface area contributed by atoms with Crippen LogP contribution in [0.1, 0.15) is 6.92 Å². The van der Waals surface area contributed by atoms with Crippen molar-refractivity contribution in [1.82, 2.24) is 14.7 Å². The summed E-state index contributed by atoms with van der Waals surface area (Å²) in [5.74, 6) is -0.569. The average Bonchev–Trinajstić information content (AvgIpc) is 2.83. The summed E-state index contributed by atoms with van der Waals surface area (Å²) in [5, 5.41) is 3.80. The minimum absolute atomic E-state index is 0.0953. The highest BCUT2D eigenvalue weighted by atomic mass is 19.1. The Morgan fingerprint density at radius 2 is 2.09 bits per heavy atom. The molecule has 3 aromatic rings. The molecular formula is C14H15FN4O3. The zero-order chi connectivity index (χ0) is 16.0. The van der Waals surface area contributed by atoms with Crippen molar-refractivity contribution >= 4 is 27.7 Å². The molecule has 0 aliphatic rings. The monoisotopic (exact) mass is 306 g/mol. The molecule has 0 aliphatic heterocycles. The SMILES string of the molecule is CCn1c2cc(NN(C)C)c(F)cc2c(=O)c2c(=O)[nH]oc21. The van der Waals surface area contributed by atoms with Gasteiger partial charge in [0, 0.05) is 26.0 Å². The van der Waals surface area contributed by atoms with E-state index >= 15 is 0 Å². The number of halogens is 1. The van der Waals surface area contributed by atoms with Gasteiger partial charge in [-0.1, -0.05) is 0 Å². The molecule has 8 heteroatoms. The third-order valence-corrected chi connectivity index (χ3v) is 3.43. The third-order valence-electron chi connectivity index (χ3n) is 3.43. The number of aromatic amines is 1. The lowest BCUT2D eigenvalue weighted by Gasteiger charge is -2.16. The number of fused-ring (bicyclic) bond motifs is 2. The fourth-order valence-electron chi connectivity index (χ4n) is 2.54. The van der Waals surface area contributed by atoms with Crippen LogP contribution in [0, 0.1) is 5.82 Å². The Kier molecular flexibility index (Phi) is 3.25. The number of hydrazine groups is 1. The van der Waals surface area contributed by atoms with Gasteiger partial charge in [0.15, 0.2) is 5.39 Å². The molecule has 2 aromatic heterocycles. The minimum Gasteiger partial charge on any atom is -0.360 e. The predicted molar refractivity (Wildman–Crippen MR) is 81.5 cm³/mol. The smallest absolute Gasteiger partial charge is 0.293 e. The first kappa shape index (κ1) is 14.3. The summed E-state index contributed by atoms with van der Waals surface area (Å²) in [6.45, 7) is 2.31. The first-order valence-corrected chi connectivity index (χ1v) is 6.75. The van der Waals surface area contributed by atoms with Crippen LogP contribution in [0.5, 0.6) is 0 Å². The van der Waals surface area contributed by atoms with Gasteiger partial charge in [-0.2, -0.15) is 5.16 Å². The highest BCUT2D eigenvalue weighted by molar-refractivity contribution is 5.92. The zero-order valence-electron chi connectivity index (χ0n) is 12.4. The van der Waals surface area contributed by atoms with E-state index in [1.54, 1.807) is 23.7 Å². The molecule has 0 amide bonds. The van der Waals surface area contributed by atoms with Crippen molar-refractivity contribution in [1.29, 1.82) is 0 Å². The van der Waals surface area contributed by atoms with Crippen molar-refractivity contribution in [3.05, 3.63) is 38.5 Å². The molecule has 22 heavy (non-hydrogen) atoms. The number of aromatic nitrogens is 2. The largest absolute Gasteiger partial charge is 0.360 e. The molecule has 2 N–H and O–H groups in total. The number of pyridine rings is 1. The average molecular weight is 306 g/mol. The Balaban J connectivity index is 2.49. The standard InChI is InChI=1S/C14H15FN4O3/c1-4-19-10-6-9(16-18(2)3)8(15)5-7(10)12(20)11-13(21)17-22-14(11)19/h5-6,16H,4H2,1-3H3,(H,17,21). The Hall–Kier alpha value is -2.61. The number of nitrogens with zero attached hydrogens (tertiary/aromatic N) is 2. The van der Waals surface area contributed by atoms with Gasteiger partial charge in [0.2, 0.25) is 11.1 Å². The van der Waals surface area contributed by atoms with Gasteiger partial charge in [0.05, 0.1) is 11.2 Å². The summed E-state index contributed by atoms with van der Waals surface area (Å²) < 4.78 is 20.9. The van der Waals surface area contributed by atoms with Crippen LogP contribution in [0.2, 0.25) is 0 Å². The maximum absolute atomic E-state index is 14.2. The van der Waals surface area contributed by atoms with Crippen LogP contribution in [-0.2, 0) is 6.54 Å². The normalized spacial score (nSPS) is 11.7. The van der Waals surface area contributed by atoms with E-state index in [9.17, 15) is 14.0 Å². The lowest BCUT2D eigenvalue weighted by Crippen LogP contribution is -2.21. The Morgan fingerprint density at radius 1 is 1.36 bits per heavy atom. The van der Waals surface area contributed by atoms with Gasteiger partial charge < -0.3 is 14.5 Å². The van der Waals surface area contributed by atoms with Crippen molar-refractivity contribution in [2.75, 3.05) is 19.5 Å². The van der Waals surface area contributed by atoms with E-state index in [0.29, 0.717) is 12.1 Å². The van der Waals surface area contributed by atoms with Gasteiger partial charge in [0.1, 0.15) is 5.82 Å². The molecule has 1 aromatic carbocycles. The van der Waals surface area contributed by atoms with E-state index in [-0.39, 0.29) is 22.2 Å². The molecule has 0 saturated carbocycles. The molecule has 2 heterocycles. The van der Waals surface area contributed by atoms with Gasteiger partial charge in [-0.3, -0.25) is 9.59 Å². The van der Waals surface area contributed by atoms with Crippen LogP contribution >= 0.6 is 0 Å². The predicted octanol–water partition coefficient (Wildman–Crippen LogP) is 1.48. The summed E-state index contributed by atoms with van der Waals surface area (Å²) in [7, 11) is 3.45. The summed E-state index contributed by atoms with van der Waals surface area (Å²) in [6.07, 6.45) is 0. The number of aryl methyl sites for hydroxylation is 1. The Bertz CT molecular complexity index is 984. The fourth-order valence-corrected chi connectivity index (χ4v) is 2.54. The van der Waals surface area contributed by atoms with E-state index in [1.165, 1.54) is 6.07 Å². The molecular weight excluding hydrogens is 291 g/mol. The second kappa shape index (κ2) is 4.99. The molecule has 3 rings (SSSR count). The van der Waals surface area contributed by atoms with E-state index in [0.717, 1.165) is 6.07 Å². The van der Waals surface area contributed by atoms with Gasteiger partial charge in [-0.05, 0) is 19.1 Å². The fraction of sp³-hybridized carbons (Fsp3) is 0.286. The van der Waals surface area contributed by atoms with Crippen molar-refractivity contribution in [2.45, 2.75) is 13.5 Å². The Morgan fingerprint density at radius 3 is 2.73 bits per heavy atom. The molecule has 0 aliphatic carbocycles. The van der Waals surface area contributed by atoms with Crippen LogP contribution in [0.25, 0.3) is 22.0 Å². The number of rotatable bonds is 3. The second-order valence-corrected chi connectivity index (χ2v) is 5.14. The summed E-state index contributed by atoms with van der Waals surface area (Å²) in [4.78, 5) is 24.2. The van der Waals surface area contributed by atoms with E-state index in [4.69, 9.17) is 4.52 Å². The van der Waals surface area contributed by atoms with Crippen LogP contribution < -0.4 is 16.4 Å². The van der Waals surface area contributed by atoms with Gasteiger partial charge in [0.25, 0.3) is 5.56 Å². The maximum Gasteiger partial charge on any atom is 0.293 e. The van der Waals surface area contributed by atoms with Crippen LogP contribution in [0.15, 0.2) is 26.2 Å². The molecule has 0 fully saturated rings. The molecule has 0 spiro atoms. The van der Waals surface area contributed by atoms with Gasteiger partial charge in [-0.15, -0.1) is 0 Å². The minimum atomic E-state index is -0.611. The van der Waals surface area contributed by atoms with E-state index in [1.807, 2.05) is 6.92 Å². The first-order valence-electron chi connectivity index (χ1n) is 6.75. The van der Waals surface area contributed by atoms with Crippen molar-refractivity contribution < 1.29 is 8.91 Å². The highest BCUT2D eigenvalue weighted by Crippen LogP contribution is 2.24. The van der Waals surface area contributed by atoms with E-state index < -0.39 is 16.8 Å². The summed E-state index contributed by atoms with van der Waals surface area (Å²) in [6, 6.07) is 2.67. The molecule has 116 valence electrons. The second-order valence-electron chi connectivity index (χ2n) is 5.14. The molecule has 7 nitrogen and oxygen atoms in total. The number of anilines is 1. The highest BCUT2D eigenvalue weighted by Gasteiger charge is 2.18. The number of H-pyrrole nitrogens is 1. The number of hydrogen-bond acceptors (Lipinski definition) is 5. The Labute approximate surface area is 123 Å². The molecule has 0 bridgehead atoms. The lowest BCUT2D eigenvalue weighted by molar-refractivity contribution is 0.430. The van der Waals surface area contributed by atoms with Crippen LogP contribution in [-0.4, -0.2) is 28.8 Å². The number of nitrogens with one attached hydrogen (secondary N) is 2. The van der Waals surface area contributed by atoms with Crippen LogP contribution in [0.4, 0.5) is 10.1 Å². The van der Waals surface area contributed by atoms with Crippen LogP contribution in [0.3, 0.4) is 0 Å². The molecule has 0 atom stereocenters. The molecule has 0 radical (unpaired) electrons. The van der Waals surface area contributed by atoms with Crippen molar-refractivity contribution in [2.24, 2.45) is 0 Å². The summed E-state index contributed by atoms with van der Waals surface area (Å²) in [5.41, 5.74) is 2.57. The molecule has 0 unspecified atom stereocenters. The summed E-state index contributed by atoms with van der Waals surface area (Å²) >= 11 is 0. The lowest BCUT2D eigenvalue weighted by atomic mass is 10.1. The van der Waals surface area contributed by atoms with Gasteiger partial charge >= 0.3 is 0 Å². The van der Waals surface area contributed by atoms with Gasteiger partial charge in [-0.25, -0.2) is 9.40 Å². The van der Waals surface area contributed by atoms with Crippen molar-refractivity contribution in [3.63, 3.8) is 0 Å². The molecule has 0 saturated heterocycles. The topological polar surface area (TPSA) is 83.3 Å². The third kappa shape index (κ3) is 2.00. The first-order chi connectivity index (χ1) is 10.4.